The molecule has 0 aromatic carbocycles. The van der Waals surface area contributed by atoms with Crippen LogP contribution in [0.3, 0.4) is 0 Å². The van der Waals surface area contributed by atoms with E-state index in [1.54, 1.807) is 0 Å². The van der Waals surface area contributed by atoms with Crippen molar-refractivity contribution in [2.75, 3.05) is 0 Å². The van der Waals surface area contributed by atoms with Crippen LogP contribution in [-0.4, -0.2) is 14.4 Å². The molecule has 0 heterocycles. The lowest BCUT2D eigenvalue weighted by molar-refractivity contribution is -0.0252. The van der Waals surface area contributed by atoms with Crippen molar-refractivity contribution in [3.05, 3.63) is 22.8 Å². The largest absolute Gasteiger partial charge is 0.414 e. The van der Waals surface area contributed by atoms with Gasteiger partial charge in [0.15, 0.2) is 8.32 Å². The van der Waals surface area contributed by atoms with Crippen LogP contribution in [0.5, 0.6) is 0 Å². The quantitative estimate of drug-likeness (QED) is 0.277. The van der Waals surface area contributed by atoms with Crippen LogP contribution in [-0.2, 0) is 4.43 Å². The van der Waals surface area contributed by atoms with Gasteiger partial charge in [0.1, 0.15) is 0 Å². The van der Waals surface area contributed by atoms with Gasteiger partial charge in [-0.2, -0.15) is 0 Å². The first-order chi connectivity index (χ1) is 15.4. The van der Waals surface area contributed by atoms with Gasteiger partial charge in [0, 0.05) is 6.10 Å². The van der Waals surface area contributed by atoms with Gasteiger partial charge >= 0.3 is 0 Å². The van der Waals surface area contributed by atoms with E-state index >= 15 is 0 Å². The van der Waals surface area contributed by atoms with Gasteiger partial charge in [0.05, 0.1) is 0 Å². The molecule has 0 radical (unpaired) electrons. The Morgan fingerprint density at radius 1 is 1.06 bits per heavy atom. The third-order valence-corrected chi connectivity index (χ3v) is 11.9. The highest BCUT2D eigenvalue weighted by Crippen LogP contribution is 2.66. The molecule has 0 N–H and O–H groups in total. The Hall–Kier alpha value is -0.343. The standard InChI is InChI=1S/C31H54OSi/c1-21(2)11-10-12-22(3)25-15-16-27-24-13-14-26-23(4)29(32-33(7,8)9)18-20-31(26,6)28(24)17-19-30(25,27)5/h11,22-23,25-27,29H,10,12-20H2,1-9H3/t22-,23+,25-,26+,27+,29?,30-,31+/m1/s1. The zero-order valence-corrected chi connectivity index (χ0v) is 24.5. The predicted molar refractivity (Wildman–Crippen MR) is 146 cm³/mol. The molecule has 4 aliphatic carbocycles. The van der Waals surface area contributed by atoms with Gasteiger partial charge in [-0.25, -0.2) is 0 Å². The maximum absolute atomic E-state index is 6.71. The Bertz CT molecular complexity index is 783. The van der Waals surface area contributed by atoms with Gasteiger partial charge in [-0.3, -0.25) is 0 Å². The second-order valence-corrected chi connectivity index (χ2v) is 18.8. The molecule has 0 saturated heterocycles. The fourth-order valence-corrected chi connectivity index (χ4v) is 10.6. The van der Waals surface area contributed by atoms with E-state index in [-0.39, 0.29) is 0 Å². The van der Waals surface area contributed by atoms with Crippen LogP contribution < -0.4 is 0 Å². The van der Waals surface area contributed by atoms with Crippen molar-refractivity contribution in [1.29, 1.82) is 0 Å². The third-order valence-electron chi connectivity index (χ3n) is 10.9. The molecular weight excluding hydrogens is 416 g/mol. The van der Waals surface area contributed by atoms with Gasteiger partial charge in [-0.15, -0.1) is 0 Å². The zero-order valence-electron chi connectivity index (χ0n) is 23.5. The second kappa shape index (κ2) is 9.27. The molecule has 188 valence electrons. The van der Waals surface area contributed by atoms with Crippen LogP contribution in [0.15, 0.2) is 22.8 Å². The minimum absolute atomic E-state index is 0.445. The van der Waals surface area contributed by atoms with E-state index in [9.17, 15) is 0 Å². The molecule has 0 amide bonds. The summed E-state index contributed by atoms with van der Waals surface area (Å²) in [5.41, 5.74) is 6.38. The average molecular weight is 471 g/mol. The van der Waals surface area contributed by atoms with Gasteiger partial charge in [-0.05, 0) is 138 Å². The van der Waals surface area contributed by atoms with E-state index in [1.165, 1.54) is 69.8 Å². The molecule has 4 rings (SSSR count). The Balaban J connectivity index is 1.53. The number of hydrogen-bond acceptors (Lipinski definition) is 1. The molecule has 33 heavy (non-hydrogen) atoms. The molecule has 0 aromatic rings. The monoisotopic (exact) mass is 470 g/mol. The number of hydrogen-bond donors (Lipinski definition) is 0. The summed E-state index contributed by atoms with van der Waals surface area (Å²) < 4.78 is 6.71. The summed E-state index contributed by atoms with van der Waals surface area (Å²) in [6.45, 7) is 22.1. The average Bonchev–Trinajstić information content (AvgIpc) is 3.06. The van der Waals surface area contributed by atoms with Crippen LogP contribution in [0.1, 0.15) is 106 Å². The number of fused-ring (bicyclic) bond motifs is 4. The lowest BCUT2D eigenvalue weighted by atomic mass is 9.49. The van der Waals surface area contributed by atoms with E-state index < -0.39 is 8.32 Å². The summed E-state index contributed by atoms with van der Waals surface area (Å²) in [5, 5.41) is 0. The van der Waals surface area contributed by atoms with Crippen molar-refractivity contribution in [1.82, 2.24) is 0 Å². The Morgan fingerprint density at radius 3 is 2.45 bits per heavy atom. The van der Waals surface area contributed by atoms with Crippen molar-refractivity contribution >= 4 is 8.32 Å². The molecule has 2 saturated carbocycles. The van der Waals surface area contributed by atoms with Crippen molar-refractivity contribution in [3.8, 4) is 0 Å². The molecule has 4 aliphatic rings. The van der Waals surface area contributed by atoms with E-state index in [4.69, 9.17) is 4.43 Å². The van der Waals surface area contributed by atoms with Crippen molar-refractivity contribution in [2.45, 2.75) is 131 Å². The van der Waals surface area contributed by atoms with Gasteiger partial charge < -0.3 is 4.43 Å². The van der Waals surface area contributed by atoms with E-state index in [1.807, 2.05) is 11.1 Å². The summed E-state index contributed by atoms with van der Waals surface area (Å²) in [4.78, 5) is 0. The summed E-state index contributed by atoms with van der Waals surface area (Å²) in [6, 6.07) is 0. The Morgan fingerprint density at radius 2 is 1.79 bits per heavy atom. The summed E-state index contributed by atoms with van der Waals surface area (Å²) in [7, 11) is -1.48. The first-order valence-electron chi connectivity index (χ1n) is 14.4. The number of rotatable bonds is 6. The first kappa shape index (κ1) is 25.7. The lowest BCUT2D eigenvalue weighted by Gasteiger charge is -2.57. The van der Waals surface area contributed by atoms with Crippen molar-refractivity contribution < 1.29 is 4.43 Å². The molecule has 0 bridgehead atoms. The van der Waals surface area contributed by atoms with Gasteiger partial charge in [0.2, 0.25) is 0 Å². The molecule has 0 spiro atoms. The van der Waals surface area contributed by atoms with Gasteiger partial charge in [-0.1, -0.05) is 50.5 Å². The fraction of sp³-hybridized carbons (Fsp3) is 0.871. The maximum Gasteiger partial charge on any atom is 0.184 e. The molecule has 0 aliphatic heterocycles. The molecule has 0 aromatic heterocycles. The SMILES string of the molecule is CC(C)=CCC[C@@H](C)[C@H]1CC[C@H]2C3=C(CC[C@]12C)[C@@]1(C)CCC(O[Si](C)(C)C)[C@@H](C)[C@@H]1CC3. The highest BCUT2D eigenvalue weighted by molar-refractivity contribution is 6.69. The van der Waals surface area contributed by atoms with Crippen molar-refractivity contribution in [3.63, 3.8) is 0 Å². The predicted octanol–water partition coefficient (Wildman–Crippen LogP) is 9.56. The minimum atomic E-state index is -1.48. The topological polar surface area (TPSA) is 9.23 Å². The van der Waals surface area contributed by atoms with Crippen LogP contribution in [0.2, 0.25) is 19.6 Å². The zero-order chi connectivity index (χ0) is 24.2. The molecule has 8 atom stereocenters. The Kier molecular flexibility index (Phi) is 7.23. The summed E-state index contributed by atoms with van der Waals surface area (Å²) in [6.07, 6.45) is 16.8. The smallest absolute Gasteiger partial charge is 0.184 e. The van der Waals surface area contributed by atoms with E-state index in [0.717, 1.165) is 23.7 Å². The number of allylic oxidation sites excluding steroid dienone is 4. The molecule has 1 nitrogen and oxygen atoms in total. The molecule has 2 fully saturated rings. The van der Waals surface area contributed by atoms with Crippen molar-refractivity contribution in [2.24, 2.45) is 40.4 Å². The van der Waals surface area contributed by atoms with Gasteiger partial charge in [0.25, 0.3) is 0 Å². The highest BCUT2D eigenvalue weighted by atomic mass is 28.4. The first-order valence-corrected chi connectivity index (χ1v) is 17.8. The summed E-state index contributed by atoms with van der Waals surface area (Å²) in [5.74, 6) is 4.20. The lowest BCUT2D eigenvalue weighted by Crippen LogP contribution is -2.51. The summed E-state index contributed by atoms with van der Waals surface area (Å²) >= 11 is 0. The van der Waals surface area contributed by atoms with Crippen LogP contribution in [0, 0.1) is 40.4 Å². The fourth-order valence-electron chi connectivity index (χ4n) is 9.33. The molecule has 2 heteroatoms. The van der Waals surface area contributed by atoms with Crippen LogP contribution in [0.25, 0.3) is 0 Å². The van der Waals surface area contributed by atoms with Crippen LogP contribution in [0.4, 0.5) is 0 Å². The Labute approximate surface area is 207 Å². The minimum Gasteiger partial charge on any atom is -0.414 e. The molecule has 1 unspecified atom stereocenters. The normalized spacial score (nSPS) is 41.8. The van der Waals surface area contributed by atoms with E-state index in [0.29, 0.717) is 22.9 Å². The van der Waals surface area contributed by atoms with Crippen LogP contribution >= 0.6 is 0 Å². The molecular formula is C31H54OSi. The maximum atomic E-state index is 6.71. The second-order valence-electron chi connectivity index (χ2n) is 14.3. The van der Waals surface area contributed by atoms with E-state index in [2.05, 4.69) is 67.3 Å². The third kappa shape index (κ3) is 4.74. The highest BCUT2D eigenvalue weighted by Gasteiger charge is 2.57.